The number of halogens is 2. The van der Waals surface area contributed by atoms with E-state index in [0.29, 0.717) is 22.3 Å². The Morgan fingerprint density at radius 2 is 2.04 bits per heavy atom. The number of carbonyl (C=O) groups excluding carboxylic acids is 1. The molecule has 0 aliphatic heterocycles. The molecule has 6 nitrogen and oxygen atoms in total. The molecule has 1 aromatic carbocycles. The van der Waals surface area contributed by atoms with Crippen molar-refractivity contribution in [1.82, 2.24) is 20.1 Å². The first-order valence-electron chi connectivity index (χ1n) is 7.76. The van der Waals surface area contributed by atoms with E-state index in [0.717, 1.165) is 16.6 Å². The van der Waals surface area contributed by atoms with Crippen LogP contribution in [0.3, 0.4) is 0 Å². The molecule has 3 aromatic rings. The quantitative estimate of drug-likeness (QED) is 0.695. The first-order chi connectivity index (χ1) is 11.9. The minimum Gasteiger partial charge on any atom is -0.334 e. The van der Waals surface area contributed by atoms with E-state index in [4.69, 9.17) is 23.2 Å². The Bertz CT molecular complexity index is 923. The number of amides is 2. The van der Waals surface area contributed by atoms with E-state index in [9.17, 15) is 4.79 Å². The Morgan fingerprint density at radius 3 is 2.76 bits per heavy atom. The van der Waals surface area contributed by atoms with Gasteiger partial charge in [0.2, 0.25) is 0 Å². The molecule has 2 amide bonds. The lowest BCUT2D eigenvalue weighted by Gasteiger charge is -2.10. The molecule has 0 saturated heterocycles. The van der Waals surface area contributed by atoms with Gasteiger partial charge in [-0.2, -0.15) is 5.10 Å². The molecular formula is C17H17Cl2N5O. The summed E-state index contributed by atoms with van der Waals surface area (Å²) in [7, 11) is 0. The minimum absolute atomic E-state index is 0.219. The normalized spacial score (nSPS) is 11.1. The largest absolute Gasteiger partial charge is 0.334 e. The molecule has 0 bridgehead atoms. The van der Waals surface area contributed by atoms with E-state index in [-0.39, 0.29) is 12.1 Å². The molecule has 8 heteroatoms. The maximum absolute atomic E-state index is 12.1. The molecule has 2 heterocycles. The fraction of sp³-hybridized carbons (Fsp3) is 0.235. The summed E-state index contributed by atoms with van der Waals surface area (Å²) in [5, 5.41) is 11.8. The molecular weight excluding hydrogens is 361 g/mol. The zero-order valence-corrected chi connectivity index (χ0v) is 15.3. The van der Waals surface area contributed by atoms with Gasteiger partial charge in [0.25, 0.3) is 0 Å². The second-order valence-corrected chi connectivity index (χ2v) is 6.71. The third kappa shape index (κ3) is 4.03. The summed E-state index contributed by atoms with van der Waals surface area (Å²) in [5.74, 6) is 0. The fourth-order valence-electron chi connectivity index (χ4n) is 2.40. The summed E-state index contributed by atoms with van der Waals surface area (Å²) >= 11 is 11.9. The number of rotatable bonds is 4. The van der Waals surface area contributed by atoms with Gasteiger partial charge in [-0.3, -0.25) is 0 Å². The number of nitrogens with zero attached hydrogens (tertiary/aromatic N) is 3. The maximum Gasteiger partial charge on any atom is 0.319 e. The van der Waals surface area contributed by atoms with E-state index in [1.165, 1.54) is 0 Å². The van der Waals surface area contributed by atoms with Crippen molar-refractivity contribution in [3.8, 4) is 0 Å². The molecule has 0 aliphatic rings. The Balaban J connectivity index is 1.65. The summed E-state index contributed by atoms with van der Waals surface area (Å²) in [6.07, 6.45) is 3.34. The van der Waals surface area contributed by atoms with Gasteiger partial charge in [0.15, 0.2) is 5.65 Å². The summed E-state index contributed by atoms with van der Waals surface area (Å²) in [6, 6.07) is 6.86. The second-order valence-electron chi connectivity index (χ2n) is 5.86. The van der Waals surface area contributed by atoms with Crippen LogP contribution >= 0.6 is 23.2 Å². The lowest BCUT2D eigenvalue weighted by molar-refractivity contribution is 0.251. The number of hydrogen-bond acceptors (Lipinski definition) is 3. The Labute approximate surface area is 155 Å². The van der Waals surface area contributed by atoms with Crippen LogP contribution < -0.4 is 10.6 Å². The van der Waals surface area contributed by atoms with E-state index in [1.807, 2.05) is 24.6 Å². The predicted octanol–water partition coefficient (Wildman–Crippen LogP) is 4.64. The number of hydrogen-bond donors (Lipinski definition) is 2. The molecule has 2 N–H and O–H groups in total. The van der Waals surface area contributed by atoms with Gasteiger partial charge in [-0.1, -0.05) is 29.3 Å². The third-order valence-electron chi connectivity index (χ3n) is 3.63. The number of fused-ring (bicyclic) bond motifs is 1. The number of benzene rings is 1. The van der Waals surface area contributed by atoms with Crippen LogP contribution in [0.15, 0.2) is 36.7 Å². The lowest BCUT2D eigenvalue weighted by Crippen LogP contribution is -2.28. The van der Waals surface area contributed by atoms with Crippen LogP contribution in [0.2, 0.25) is 10.0 Å². The molecule has 0 spiro atoms. The molecule has 3 rings (SSSR count). The summed E-state index contributed by atoms with van der Waals surface area (Å²) in [6.45, 7) is 4.37. The monoisotopic (exact) mass is 377 g/mol. The average Bonchev–Trinajstić information content (AvgIpc) is 2.97. The van der Waals surface area contributed by atoms with E-state index >= 15 is 0 Å². The highest BCUT2D eigenvalue weighted by molar-refractivity contribution is 6.35. The molecule has 0 atom stereocenters. The predicted molar refractivity (Wildman–Crippen MR) is 100 cm³/mol. The van der Waals surface area contributed by atoms with Crippen molar-refractivity contribution in [2.24, 2.45) is 0 Å². The first kappa shape index (κ1) is 17.5. The van der Waals surface area contributed by atoms with Crippen LogP contribution in [0.4, 0.5) is 10.5 Å². The second kappa shape index (κ2) is 7.29. The number of anilines is 1. The summed E-state index contributed by atoms with van der Waals surface area (Å²) in [4.78, 5) is 16.5. The standard InChI is InChI=1S/C17H17Cl2N5O/c1-10(2)24-16-12(8-22-24)5-14(9-20-16)23-17(25)21-7-11-3-4-13(18)6-15(11)19/h3-6,8-10H,7H2,1-2H3,(H2,21,23,25). The fourth-order valence-corrected chi connectivity index (χ4v) is 2.88. The average molecular weight is 378 g/mol. The number of urea groups is 1. The van der Waals surface area contributed by atoms with E-state index in [2.05, 4.69) is 20.7 Å². The smallest absolute Gasteiger partial charge is 0.319 e. The van der Waals surface area contributed by atoms with Crippen LogP contribution in [0.25, 0.3) is 11.0 Å². The van der Waals surface area contributed by atoms with Crippen LogP contribution in [0.5, 0.6) is 0 Å². The molecule has 2 aromatic heterocycles. The van der Waals surface area contributed by atoms with Gasteiger partial charge in [0, 0.05) is 28.0 Å². The molecule has 0 saturated carbocycles. The first-order valence-corrected chi connectivity index (χ1v) is 8.51. The Kier molecular flexibility index (Phi) is 5.11. The van der Waals surface area contributed by atoms with Gasteiger partial charge in [0.1, 0.15) is 0 Å². The zero-order chi connectivity index (χ0) is 18.0. The van der Waals surface area contributed by atoms with Crippen molar-refractivity contribution in [2.45, 2.75) is 26.4 Å². The zero-order valence-electron chi connectivity index (χ0n) is 13.8. The topological polar surface area (TPSA) is 71.8 Å². The van der Waals surface area contributed by atoms with Crippen LogP contribution in [0, 0.1) is 0 Å². The third-order valence-corrected chi connectivity index (χ3v) is 4.22. The highest BCUT2D eigenvalue weighted by Crippen LogP contribution is 2.21. The minimum atomic E-state index is -0.344. The Hall–Kier alpha value is -2.31. The van der Waals surface area contributed by atoms with Gasteiger partial charge in [0.05, 0.1) is 18.1 Å². The van der Waals surface area contributed by atoms with Crippen LogP contribution in [-0.2, 0) is 6.54 Å². The molecule has 0 radical (unpaired) electrons. The van der Waals surface area contributed by atoms with Crippen molar-refractivity contribution in [1.29, 1.82) is 0 Å². The van der Waals surface area contributed by atoms with Crippen molar-refractivity contribution in [3.05, 3.63) is 52.3 Å². The number of aromatic nitrogens is 3. The van der Waals surface area contributed by atoms with Gasteiger partial charge < -0.3 is 10.6 Å². The van der Waals surface area contributed by atoms with Gasteiger partial charge >= 0.3 is 6.03 Å². The van der Waals surface area contributed by atoms with Crippen molar-refractivity contribution >= 4 is 46.0 Å². The van der Waals surface area contributed by atoms with Crippen molar-refractivity contribution < 1.29 is 4.79 Å². The maximum atomic E-state index is 12.1. The van der Waals surface area contributed by atoms with Crippen molar-refractivity contribution in [2.75, 3.05) is 5.32 Å². The highest BCUT2D eigenvalue weighted by Gasteiger charge is 2.09. The van der Waals surface area contributed by atoms with Gasteiger partial charge in [-0.05, 0) is 37.6 Å². The SMILES string of the molecule is CC(C)n1ncc2cc(NC(=O)NCc3ccc(Cl)cc3Cl)cnc21. The lowest BCUT2D eigenvalue weighted by atomic mass is 10.2. The van der Waals surface area contributed by atoms with Crippen LogP contribution in [0.1, 0.15) is 25.5 Å². The molecule has 0 fully saturated rings. The number of pyridine rings is 1. The summed E-state index contributed by atoms with van der Waals surface area (Å²) in [5.41, 5.74) is 2.16. The summed E-state index contributed by atoms with van der Waals surface area (Å²) < 4.78 is 1.84. The molecule has 0 unspecified atom stereocenters. The van der Waals surface area contributed by atoms with E-state index in [1.54, 1.807) is 30.6 Å². The molecule has 130 valence electrons. The van der Waals surface area contributed by atoms with Gasteiger partial charge in [-0.25, -0.2) is 14.5 Å². The van der Waals surface area contributed by atoms with E-state index < -0.39 is 0 Å². The number of carbonyl (C=O) groups is 1. The number of nitrogens with one attached hydrogen (secondary N) is 2. The highest BCUT2D eigenvalue weighted by atomic mass is 35.5. The Morgan fingerprint density at radius 1 is 1.24 bits per heavy atom. The van der Waals surface area contributed by atoms with Crippen LogP contribution in [-0.4, -0.2) is 20.8 Å². The molecule has 0 aliphatic carbocycles. The molecule has 25 heavy (non-hydrogen) atoms. The van der Waals surface area contributed by atoms with Crippen molar-refractivity contribution in [3.63, 3.8) is 0 Å². The van der Waals surface area contributed by atoms with Gasteiger partial charge in [-0.15, -0.1) is 0 Å².